The minimum atomic E-state index is -0.157. The van der Waals surface area contributed by atoms with E-state index >= 15 is 0 Å². The number of ether oxygens (including phenoxy) is 1. The molecule has 1 rings (SSSR count). The molecular formula is C13H17ClN2O2S. The van der Waals surface area contributed by atoms with Crippen LogP contribution in [-0.4, -0.2) is 24.0 Å². The molecule has 19 heavy (non-hydrogen) atoms. The van der Waals surface area contributed by atoms with Gasteiger partial charge in [0, 0.05) is 11.6 Å². The van der Waals surface area contributed by atoms with E-state index in [4.69, 9.17) is 34.3 Å². The molecular weight excluding hydrogens is 284 g/mol. The predicted molar refractivity (Wildman–Crippen MR) is 80.6 cm³/mol. The first-order valence-electron chi connectivity index (χ1n) is 6.01. The van der Waals surface area contributed by atoms with Crippen LogP contribution in [0, 0.1) is 0 Å². The molecule has 4 nitrogen and oxygen atoms in total. The Morgan fingerprint density at radius 1 is 1.42 bits per heavy atom. The van der Waals surface area contributed by atoms with Gasteiger partial charge in [-0.15, -0.1) is 0 Å². The van der Waals surface area contributed by atoms with Gasteiger partial charge in [-0.05, 0) is 37.5 Å². The van der Waals surface area contributed by atoms with Crippen LogP contribution >= 0.6 is 23.8 Å². The number of nitrogens with two attached hydrogens (primary N) is 1. The third-order valence-corrected chi connectivity index (χ3v) is 2.78. The number of carbonyl (C=O) groups excluding carboxylic acids is 1. The lowest BCUT2D eigenvalue weighted by molar-refractivity contribution is -0.123. The van der Waals surface area contributed by atoms with E-state index in [0.29, 0.717) is 28.7 Å². The van der Waals surface area contributed by atoms with Gasteiger partial charge < -0.3 is 15.8 Å². The molecule has 1 aromatic carbocycles. The van der Waals surface area contributed by atoms with Gasteiger partial charge in [-0.1, -0.05) is 29.9 Å². The molecule has 0 heterocycles. The lowest BCUT2D eigenvalue weighted by atomic mass is 10.2. The summed E-state index contributed by atoms with van der Waals surface area (Å²) in [5.74, 6) is 0.423. The van der Waals surface area contributed by atoms with Gasteiger partial charge in [0.2, 0.25) is 0 Å². The Labute approximate surface area is 123 Å². The van der Waals surface area contributed by atoms with Gasteiger partial charge in [0.1, 0.15) is 5.75 Å². The number of amides is 1. The molecule has 6 heteroatoms. The average molecular weight is 301 g/mol. The zero-order chi connectivity index (χ0) is 14.1. The van der Waals surface area contributed by atoms with Crippen molar-refractivity contribution < 1.29 is 9.53 Å². The van der Waals surface area contributed by atoms with E-state index in [0.717, 1.165) is 12.8 Å². The van der Waals surface area contributed by atoms with Gasteiger partial charge in [0.25, 0.3) is 5.91 Å². The SMILES string of the molecule is NC(=S)CCCCNC(=O)COc1cccc(Cl)c1. The first-order chi connectivity index (χ1) is 9.08. The Balaban J connectivity index is 2.13. The number of carbonyl (C=O) groups is 1. The number of thiocarbonyl (C=S) groups is 1. The summed E-state index contributed by atoms with van der Waals surface area (Å²) in [4.78, 5) is 12.0. The van der Waals surface area contributed by atoms with Crippen LogP contribution in [0.4, 0.5) is 0 Å². The van der Waals surface area contributed by atoms with Gasteiger partial charge in [0.05, 0.1) is 4.99 Å². The van der Waals surface area contributed by atoms with Crippen molar-refractivity contribution in [2.24, 2.45) is 5.73 Å². The van der Waals surface area contributed by atoms with Crippen LogP contribution in [0.3, 0.4) is 0 Å². The predicted octanol–water partition coefficient (Wildman–Crippen LogP) is 2.29. The van der Waals surface area contributed by atoms with Gasteiger partial charge >= 0.3 is 0 Å². The zero-order valence-corrected chi connectivity index (χ0v) is 12.1. The number of benzene rings is 1. The third kappa shape index (κ3) is 7.64. The number of hydrogen-bond donors (Lipinski definition) is 2. The van der Waals surface area contributed by atoms with E-state index < -0.39 is 0 Å². The fourth-order valence-electron chi connectivity index (χ4n) is 1.41. The number of hydrogen-bond acceptors (Lipinski definition) is 3. The van der Waals surface area contributed by atoms with Gasteiger partial charge in [-0.2, -0.15) is 0 Å². The van der Waals surface area contributed by atoms with Crippen LogP contribution in [0.15, 0.2) is 24.3 Å². The molecule has 1 aromatic rings. The van der Waals surface area contributed by atoms with Crippen LogP contribution in [0.2, 0.25) is 5.02 Å². The standard InChI is InChI=1S/C13H17ClN2O2S/c14-10-4-3-5-11(8-10)18-9-13(17)16-7-2-1-6-12(15)19/h3-5,8H,1-2,6-7,9H2,(H2,15,19)(H,16,17). The molecule has 0 saturated carbocycles. The smallest absolute Gasteiger partial charge is 0.257 e. The Hall–Kier alpha value is -1.33. The Bertz CT molecular complexity index is 440. The molecule has 0 spiro atoms. The summed E-state index contributed by atoms with van der Waals surface area (Å²) >= 11 is 10.6. The maximum Gasteiger partial charge on any atom is 0.257 e. The van der Waals surface area contributed by atoms with E-state index in [1.54, 1.807) is 24.3 Å². The van der Waals surface area contributed by atoms with E-state index in [-0.39, 0.29) is 12.5 Å². The molecule has 0 radical (unpaired) electrons. The molecule has 0 atom stereocenters. The average Bonchev–Trinajstić information content (AvgIpc) is 2.35. The fourth-order valence-corrected chi connectivity index (χ4v) is 1.73. The lowest BCUT2D eigenvalue weighted by Crippen LogP contribution is -2.29. The molecule has 0 aliphatic rings. The van der Waals surface area contributed by atoms with Crippen molar-refractivity contribution in [1.82, 2.24) is 5.32 Å². The molecule has 0 fully saturated rings. The number of unbranched alkanes of at least 4 members (excludes halogenated alkanes) is 1. The Morgan fingerprint density at radius 3 is 2.89 bits per heavy atom. The largest absolute Gasteiger partial charge is 0.484 e. The summed E-state index contributed by atoms with van der Waals surface area (Å²) in [6, 6.07) is 6.93. The highest BCUT2D eigenvalue weighted by atomic mass is 35.5. The highest BCUT2D eigenvalue weighted by Gasteiger charge is 2.02. The zero-order valence-electron chi connectivity index (χ0n) is 10.5. The van der Waals surface area contributed by atoms with Gasteiger partial charge in [0.15, 0.2) is 6.61 Å². The summed E-state index contributed by atoms with van der Waals surface area (Å²) in [6.07, 6.45) is 2.44. The minimum absolute atomic E-state index is 0.0182. The van der Waals surface area contributed by atoms with Gasteiger partial charge in [-0.25, -0.2) is 0 Å². The van der Waals surface area contributed by atoms with Crippen molar-refractivity contribution in [3.63, 3.8) is 0 Å². The molecule has 3 N–H and O–H groups in total. The number of halogens is 1. The molecule has 104 valence electrons. The van der Waals surface area contributed by atoms with Crippen molar-refractivity contribution in [3.8, 4) is 5.75 Å². The van der Waals surface area contributed by atoms with Crippen molar-refractivity contribution in [2.75, 3.05) is 13.2 Å². The van der Waals surface area contributed by atoms with E-state index in [1.807, 2.05) is 0 Å². The lowest BCUT2D eigenvalue weighted by Gasteiger charge is -2.07. The third-order valence-electron chi connectivity index (χ3n) is 2.34. The summed E-state index contributed by atoms with van der Waals surface area (Å²) < 4.78 is 5.31. The van der Waals surface area contributed by atoms with Crippen LogP contribution in [0.1, 0.15) is 19.3 Å². The van der Waals surface area contributed by atoms with E-state index in [9.17, 15) is 4.79 Å². The van der Waals surface area contributed by atoms with Crippen LogP contribution in [0.25, 0.3) is 0 Å². The van der Waals surface area contributed by atoms with Crippen molar-refractivity contribution in [1.29, 1.82) is 0 Å². The first kappa shape index (κ1) is 15.7. The molecule has 0 aliphatic heterocycles. The molecule has 0 saturated heterocycles. The quantitative estimate of drug-likeness (QED) is 0.571. The van der Waals surface area contributed by atoms with Crippen molar-refractivity contribution >= 4 is 34.7 Å². The van der Waals surface area contributed by atoms with Crippen LogP contribution in [-0.2, 0) is 4.79 Å². The minimum Gasteiger partial charge on any atom is -0.484 e. The molecule has 1 amide bonds. The fraction of sp³-hybridized carbons (Fsp3) is 0.385. The summed E-state index contributed by atoms with van der Waals surface area (Å²) in [5.41, 5.74) is 5.37. The normalized spacial score (nSPS) is 9.95. The molecule has 0 aromatic heterocycles. The Morgan fingerprint density at radius 2 is 2.21 bits per heavy atom. The van der Waals surface area contributed by atoms with E-state index in [2.05, 4.69) is 5.32 Å². The number of rotatable bonds is 8. The summed E-state index contributed by atoms with van der Waals surface area (Å²) in [5, 5.41) is 3.34. The first-order valence-corrected chi connectivity index (χ1v) is 6.80. The van der Waals surface area contributed by atoms with Crippen LogP contribution < -0.4 is 15.8 Å². The maximum atomic E-state index is 11.5. The summed E-state index contributed by atoms with van der Waals surface area (Å²) in [6.45, 7) is 0.579. The molecule has 0 unspecified atom stereocenters. The second-order valence-electron chi connectivity index (χ2n) is 4.02. The monoisotopic (exact) mass is 300 g/mol. The number of nitrogens with one attached hydrogen (secondary N) is 1. The van der Waals surface area contributed by atoms with E-state index in [1.165, 1.54) is 0 Å². The maximum absolute atomic E-state index is 11.5. The molecule has 0 bridgehead atoms. The molecule has 0 aliphatic carbocycles. The topological polar surface area (TPSA) is 64.3 Å². The summed E-state index contributed by atoms with van der Waals surface area (Å²) in [7, 11) is 0. The van der Waals surface area contributed by atoms with Crippen molar-refractivity contribution in [3.05, 3.63) is 29.3 Å². The second-order valence-corrected chi connectivity index (χ2v) is 4.98. The second kappa shape index (κ2) is 8.72. The highest BCUT2D eigenvalue weighted by molar-refractivity contribution is 7.80. The van der Waals surface area contributed by atoms with Crippen molar-refractivity contribution in [2.45, 2.75) is 19.3 Å². The van der Waals surface area contributed by atoms with Crippen LogP contribution in [0.5, 0.6) is 5.75 Å². The highest BCUT2D eigenvalue weighted by Crippen LogP contribution is 2.16. The Kier molecular flexibility index (Phi) is 7.22. The van der Waals surface area contributed by atoms with Gasteiger partial charge in [-0.3, -0.25) is 4.79 Å².